The quantitative estimate of drug-likeness (QED) is 0.910. The van der Waals surface area contributed by atoms with E-state index in [1.54, 1.807) is 19.2 Å². The van der Waals surface area contributed by atoms with Crippen molar-refractivity contribution < 1.29 is 9.53 Å². The van der Waals surface area contributed by atoms with Gasteiger partial charge < -0.3 is 15.8 Å². The van der Waals surface area contributed by atoms with Crippen molar-refractivity contribution in [2.24, 2.45) is 0 Å². The average Bonchev–Trinajstić information content (AvgIpc) is 2.74. The summed E-state index contributed by atoms with van der Waals surface area (Å²) in [5.41, 5.74) is 6.10. The van der Waals surface area contributed by atoms with Crippen LogP contribution in [0.3, 0.4) is 0 Å². The van der Waals surface area contributed by atoms with Crippen molar-refractivity contribution in [2.45, 2.75) is 19.4 Å². The third-order valence-electron chi connectivity index (χ3n) is 3.12. The number of carbonyl (C=O) groups is 1. The summed E-state index contributed by atoms with van der Waals surface area (Å²) in [6, 6.07) is 5.43. The van der Waals surface area contributed by atoms with Gasteiger partial charge >= 0.3 is 0 Å². The van der Waals surface area contributed by atoms with E-state index >= 15 is 0 Å². The van der Waals surface area contributed by atoms with Gasteiger partial charge in [-0.1, -0.05) is 11.6 Å². The number of fused-ring (bicyclic) bond motifs is 1. The summed E-state index contributed by atoms with van der Waals surface area (Å²) in [5.74, 6) is -0.190. The molecule has 0 aliphatic carbocycles. The predicted molar refractivity (Wildman–Crippen MR) is 84.7 cm³/mol. The Morgan fingerprint density at radius 3 is 2.85 bits per heavy atom. The normalized spacial score (nSPS) is 11.8. The molecule has 0 atom stereocenters. The Kier molecular flexibility index (Phi) is 4.22. The number of methoxy groups -OCH3 is 1. The summed E-state index contributed by atoms with van der Waals surface area (Å²) < 4.78 is 6.22. The lowest BCUT2D eigenvalue weighted by molar-refractivity contribution is 0.0229. The molecule has 0 fully saturated rings. The van der Waals surface area contributed by atoms with Gasteiger partial charge in [0.05, 0.1) is 11.3 Å². The van der Waals surface area contributed by atoms with E-state index in [0.29, 0.717) is 22.1 Å². The zero-order valence-electron chi connectivity index (χ0n) is 11.6. The zero-order chi connectivity index (χ0) is 14.9. The summed E-state index contributed by atoms with van der Waals surface area (Å²) in [6.45, 7) is 4.22. The summed E-state index contributed by atoms with van der Waals surface area (Å²) in [5, 5.41) is 4.26. The second kappa shape index (κ2) is 5.60. The number of benzene rings is 1. The molecule has 108 valence electrons. The lowest BCUT2D eigenvalue weighted by Gasteiger charge is -2.22. The number of thiophene rings is 1. The molecule has 1 aromatic carbocycles. The Balaban J connectivity index is 2.25. The monoisotopic (exact) mass is 312 g/mol. The number of amides is 1. The zero-order valence-corrected chi connectivity index (χ0v) is 13.2. The summed E-state index contributed by atoms with van der Waals surface area (Å²) >= 11 is 7.31. The largest absolute Gasteiger partial charge is 0.397 e. The fourth-order valence-corrected chi connectivity index (χ4v) is 2.89. The molecular formula is C14H17ClN2O2S. The van der Waals surface area contributed by atoms with E-state index in [-0.39, 0.29) is 5.91 Å². The number of nitrogens with one attached hydrogen (secondary N) is 1. The number of anilines is 1. The van der Waals surface area contributed by atoms with Crippen molar-refractivity contribution in [3.05, 3.63) is 28.1 Å². The van der Waals surface area contributed by atoms with Crippen LogP contribution in [-0.4, -0.2) is 25.2 Å². The van der Waals surface area contributed by atoms with Crippen LogP contribution in [0.5, 0.6) is 0 Å². The third kappa shape index (κ3) is 3.06. The van der Waals surface area contributed by atoms with Gasteiger partial charge in [-0.25, -0.2) is 0 Å². The molecule has 2 rings (SSSR count). The molecule has 0 radical (unpaired) electrons. The summed E-state index contributed by atoms with van der Waals surface area (Å²) in [6.07, 6.45) is 0. The molecule has 4 nitrogen and oxygen atoms in total. The van der Waals surface area contributed by atoms with Crippen LogP contribution in [0.1, 0.15) is 23.5 Å². The molecule has 1 aromatic heterocycles. The number of nitrogens with two attached hydrogens (primary N) is 1. The molecule has 0 aliphatic heterocycles. The molecule has 0 aliphatic rings. The van der Waals surface area contributed by atoms with Crippen molar-refractivity contribution in [1.82, 2.24) is 5.32 Å². The van der Waals surface area contributed by atoms with E-state index < -0.39 is 5.60 Å². The summed E-state index contributed by atoms with van der Waals surface area (Å²) in [7, 11) is 1.61. The maximum atomic E-state index is 12.2. The molecule has 3 N–H and O–H groups in total. The van der Waals surface area contributed by atoms with E-state index in [9.17, 15) is 4.79 Å². The molecule has 0 bridgehead atoms. The molecule has 20 heavy (non-hydrogen) atoms. The molecule has 1 heterocycles. The molecule has 2 aromatic rings. The first-order valence-corrected chi connectivity index (χ1v) is 7.34. The van der Waals surface area contributed by atoms with E-state index in [4.69, 9.17) is 22.1 Å². The molecule has 0 spiro atoms. The Hall–Kier alpha value is -1.30. The van der Waals surface area contributed by atoms with Gasteiger partial charge in [0.2, 0.25) is 0 Å². The number of ether oxygens (including phenoxy) is 1. The van der Waals surface area contributed by atoms with Crippen LogP contribution < -0.4 is 11.1 Å². The lowest BCUT2D eigenvalue weighted by atomic mass is 10.1. The second-order valence-electron chi connectivity index (χ2n) is 5.13. The number of nitrogen functional groups attached to an aromatic ring is 1. The maximum Gasteiger partial charge on any atom is 0.263 e. The van der Waals surface area contributed by atoms with Crippen molar-refractivity contribution in [3.8, 4) is 0 Å². The van der Waals surface area contributed by atoms with Crippen LogP contribution in [0.15, 0.2) is 18.2 Å². The van der Waals surface area contributed by atoms with E-state index in [0.717, 1.165) is 10.1 Å². The Labute approximate surface area is 126 Å². The Morgan fingerprint density at radius 2 is 2.20 bits per heavy atom. The van der Waals surface area contributed by atoms with Gasteiger partial charge in [-0.2, -0.15) is 0 Å². The molecule has 0 saturated heterocycles. The highest BCUT2D eigenvalue weighted by Gasteiger charge is 2.21. The first-order chi connectivity index (χ1) is 9.34. The van der Waals surface area contributed by atoms with Crippen LogP contribution in [0.4, 0.5) is 5.69 Å². The Morgan fingerprint density at radius 1 is 1.50 bits per heavy atom. The van der Waals surface area contributed by atoms with Gasteiger partial charge in [0, 0.05) is 28.8 Å². The number of rotatable bonds is 4. The van der Waals surface area contributed by atoms with Gasteiger partial charge in [0.25, 0.3) is 5.91 Å². The standard InChI is InChI=1S/C14H17ClN2O2S/c1-14(2,19-3)7-17-13(18)12-11(16)9-6-8(15)4-5-10(9)20-12/h4-6H,7,16H2,1-3H3,(H,17,18). The number of hydrogen-bond acceptors (Lipinski definition) is 4. The van der Waals surface area contributed by atoms with Gasteiger partial charge in [-0.15, -0.1) is 11.3 Å². The van der Waals surface area contributed by atoms with E-state index in [1.165, 1.54) is 11.3 Å². The van der Waals surface area contributed by atoms with Crippen LogP contribution in [0, 0.1) is 0 Å². The van der Waals surface area contributed by atoms with Gasteiger partial charge in [-0.05, 0) is 32.0 Å². The van der Waals surface area contributed by atoms with Crippen LogP contribution in [0.25, 0.3) is 10.1 Å². The smallest absolute Gasteiger partial charge is 0.263 e. The third-order valence-corrected chi connectivity index (χ3v) is 4.54. The van der Waals surface area contributed by atoms with Crippen LogP contribution in [0.2, 0.25) is 5.02 Å². The van der Waals surface area contributed by atoms with Crippen molar-refractivity contribution in [2.75, 3.05) is 19.4 Å². The van der Waals surface area contributed by atoms with Gasteiger partial charge in [0.15, 0.2) is 0 Å². The highest BCUT2D eigenvalue weighted by molar-refractivity contribution is 7.21. The highest BCUT2D eigenvalue weighted by atomic mass is 35.5. The average molecular weight is 313 g/mol. The van der Waals surface area contributed by atoms with E-state index in [1.807, 2.05) is 19.9 Å². The van der Waals surface area contributed by atoms with Crippen molar-refractivity contribution >= 4 is 44.6 Å². The Bertz CT molecular complexity index is 652. The van der Waals surface area contributed by atoms with Crippen molar-refractivity contribution in [1.29, 1.82) is 0 Å². The molecular weight excluding hydrogens is 296 g/mol. The van der Waals surface area contributed by atoms with Crippen LogP contribution in [-0.2, 0) is 4.74 Å². The maximum absolute atomic E-state index is 12.2. The first kappa shape index (κ1) is 15.1. The fraction of sp³-hybridized carbons (Fsp3) is 0.357. The molecule has 1 amide bonds. The summed E-state index contributed by atoms with van der Waals surface area (Å²) in [4.78, 5) is 12.7. The van der Waals surface area contributed by atoms with Crippen LogP contribution >= 0.6 is 22.9 Å². The minimum Gasteiger partial charge on any atom is -0.397 e. The molecule has 0 unspecified atom stereocenters. The minimum atomic E-state index is -0.412. The molecule has 0 saturated carbocycles. The van der Waals surface area contributed by atoms with Gasteiger partial charge in [0.1, 0.15) is 4.88 Å². The van der Waals surface area contributed by atoms with Crippen molar-refractivity contribution in [3.63, 3.8) is 0 Å². The highest BCUT2D eigenvalue weighted by Crippen LogP contribution is 2.35. The lowest BCUT2D eigenvalue weighted by Crippen LogP contribution is -2.39. The fourth-order valence-electron chi connectivity index (χ4n) is 1.70. The predicted octanol–water partition coefficient (Wildman–Crippen LogP) is 3.29. The first-order valence-electron chi connectivity index (χ1n) is 6.15. The van der Waals surface area contributed by atoms with Gasteiger partial charge in [-0.3, -0.25) is 4.79 Å². The topological polar surface area (TPSA) is 64.3 Å². The molecule has 6 heteroatoms. The SMILES string of the molecule is COC(C)(C)CNC(=O)c1sc2ccc(Cl)cc2c1N. The second-order valence-corrected chi connectivity index (χ2v) is 6.62. The number of halogens is 1. The minimum absolute atomic E-state index is 0.190. The number of hydrogen-bond donors (Lipinski definition) is 2. The number of carbonyl (C=O) groups excluding carboxylic acids is 1. The van der Waals surface area contributed by atoms with E-state index in [2.05, 4.69) is 5.32 Å².